The van der Waals surface area contributed by atoms with Gasteiger partial charge in [0.2, 0.25) is 5.13 Å². The fourth-order valence-corrected chi connectivity index (χ4v) is 4.20. The fraction of sp³-hybridized carbons (Fsp3) is 0.174. The number of aryl methyl sites for hydroxylation is 1. The molecule has 0 aliphatic carbocycles. The molecule has 2 aromatic heterocycles. The van der Waals surface area contributed by atoms with Crippen LogP contribution >= 0.6 is 22.9 Å². The maximum absolute atomic E-state index is 11.9. The summed E-state index contributed by atoms with van der Waals surface area (Å²) in [6.07, 6.45) is 0. The summed E-state index contributed by atoms with van der Waals surface area (Å²) in [5.41, 5.74) is 4.86. The summed E-state index contributed by atoms with van der Waals surface area (Å²) < 4.78 is 21.6. The number of fused-ring (bicyclic) bond motifs is 1. The van der Waals surface area contributed by atoms with Crippen molar-refractivity contribution in [2.45, 2.75) is 6.92 Å². The summed E-state index contributed by atoms with van der Waals surface area (Å²) in [6, 6.07) is 12.6. The number of aromatic nitrogens is 1. The molecule has 0 fully saturated rings. The highest BCUT2D eigenvalue weighted by molar-refractivity contribution is 7.17. The highest BCUT2D eigenvalue weighted by Crippen LogP contribution is 2.33. The summed E-state index contributed by atoms with van der Waals surface area (Å²) >= 11 is 7.38. The third-order valence-corrected chi connectivity index (χ3v) is 6.09. The molecule has 0 saturated heterocycles. The maximum atomic E-state index is 11.9. The van der Waals surface area contributed by atoms with Gasteiger partial charge >= 0.3 is 5.97 Å². The average Bonchev–Trinajstić information content (AvgIpc) is 3.21. The second-order valence-electron chi connectivity index (χ2n) is 6.85. The van der Waals surface area contributed by atoms with Crippen molar-refractivity contribution >= 4 is 45.0 Å². The lowest BCUT2D eigenvalue weighted by atomic mass is 10.1. The number of ether oxygens (including phenoxy) is 3. The van der Waals surface area contributed by atoms with Crippen molar-refractivity contribution in [1.29, 1.82) is 0 Å². The van der Waals surface area contributed by atoms with Gasteiger partial charge in [-0.15, -0.1) is 0 Å². The Morgan fingerprint density at radius 3 is 2.61 bits per heavy atom. The topological polar surface area (TPSA) is 95.2 Å². The SMILES string of the molecule is COC(=O)c1sc(NN=c2cc(-c3ccc(OC)c(OC)c3)oc3ccc(Cl)cc23)nc1C. The van der Waals surface area contributed by atoms with E-state index < -0.39 is 5.97 Å². The molecule has 0 bridgehead atoms. The molecule has 0 aliphatic heterocycles. The molecule has 2 heterocycles. The van der Waals surface area contributed by atoms with Crippen molar-refractivity contribution in [2.75, 3.05) is 26.8 Å². The molecule has 0 saturated carbocycles. The minimum atomic E-state index is -0.440. The van der Waals surface area contributed by atoms with E-state index in [1.807, 2.05) is 12.1 Å². The zero-order valence-corrected chi connectivity index (χ0v) is 19.8. The van der Waals surface area contributed by atoms with Gasteiger partial charge in [0.25, 0.3) is 0 Å². The summed E-state index contributed by atoms with van der Waals surface area (Å²) in [4.78, 5) is 16.6. The van der Waals surface area contributed by atoms with E-state index in [9.17, 15) is 4.79 Å². The molecule has 2 aromatic carbocycles. The Balaban J connectivity index is 1.82. The normalized spacial score (nSPS) is 11.5. The first-order valence-corrected chi connectivity index (χ1v) is 10.9. The number of thiazole rings is 1. The molecule has 8 nitrogen and oxygen atoms in total. The highest BCUT2D eigenvalue weighted by Gasteiger charge is 2.16. The second-order valence-corrected chi connectivity index (χ2v) is 8.29. The first-order valence-electron chi connectivity index (χ1n) is 9.74. The average molecular weight is 486 g/mol. The van der Waals surface area contributed by atoms with Crippen molar-refractivity contribution < 1.29 is 23.4 Å². The van der Waals surface area contributed by atoms with Crippen LogP contribution in [0.25, 0.3) is 22.3 Å². The van der Waals surface area contributed by atoms with E-state index in [1.54, 1.807) is 51.5 Å². The van der Waals surface area contributed by atoms with Crippen molar-refractivity contribution in [3.63, 3.8) is 0 Å². The Morgan fingerprint density at radius 2 is 1.88 bits per heavy atom. The standard InChI is InChI=1S/C23H20ClN3O5S/c1-12-21(22(28)31-4)33-23(25-12)27-26-16-11-19(32-17-8-6-14(24)10-15(16)17)13-5-7-18(29-2)20(9-13)30-3/h5-11H,1-4H3,(H,25,27). The molecule has 170 valence electrons. The molecular weight excluding hydrogens is 466 g/mol. The third-order valence-electron chi connectivity index (χ3n) is 4.81. The quantitative estimate of drug-likeness (QED) is 0.294. The summed E-state index contributed by atoms with van der Waals surface area (Å²) in [6.45, 7) is 1.74. The minimum Gasteiger partial charge on any atom is -0.493 e. The van der Waals surface area contributed by atoms with E-state index in [0.29, 0.717) is 54.3 Å². The van der Waals surface area contributed by atoms with Gasteiger partial charge < -0.3 is 18.6 Å². The monoisotopic (exact) mass is 485 g/mol. The molecule has 0 radical (unpaired) electrons. The van der Waals surface area contributed by atoms with E-state index in [-0.39, 0.29) is 0 Å². The lowest BCUT2D eigenvalue weighted by Gasteiger charge is -2.10. The van der Waals surface area contributed by atoms with Gasteiger partial charge in [-0.1, -0.05) is 22.9 Å². The van der Waals surface area contributed by atoms with Crippen LogP contribution in [-0.2, 0) is 4.74 Å². The number of halogens is 1. The van der Waals surface area contributed by atoms with Crippen LogP contribution < -0.4 is 20.3 Å². The first-order chi connectivity index (χ1) is 15.9. The van der Waals surface area contributed by atoms with E-state index in [2.05, 4.69) is 15.5 Å². The predicted octanol–water partition coefficient (Wildman–Crippen LogP) is 5.25. The van der Waals surface area contributed by atoms with Gasteiger partial charge in [0, 0.05) is 22.0 Å². The Hall–Kier alpha value is -3.56. The van der Waals surface area contributed by atoms with E-state index >= 15 is 0 Å². The van der Waals surface area contributed by atoms with Crippen LogP contribution in [0.1, 0.15) is 15.4 Å². The Labute approximate surface area is 198 Å². The molecule has 10 heteroatoms. The number of carbonyl (C=O) groups is 1. The number of nitrogens with one attached hydrogen (secondary N) is 1. The summed E-state index contributed by atoms with van der Waals surface area (Å²) in [7, 11) is 4.48. The van der Waals surface area contributed by atoms with Crippen LogP contribution in [0.3, 0.4) is 0 Å². The van der Waals surface area contributed by atoms with Crippen molar-refractivity contribution in [3.8, 4) is 22.8 Å². The summed E-state index contributed by atoms with van der Waals surface area (Å²) in [5, 5.41) is 6.81. The smallest absolute Gasteiger partial charge is 0.350 e. The number of methoxy groups -OCH3 is 3. The highest BCUT2D eigenvalue weighted by atomic mass is 35.5. The molecular formula is C23H20ClN3O5S. The van der Waals surface area contributed by atoms with E-state index in [0.717, 1.165) is 16.9 Å². The number of hydrogen-bond acceptors (Lipinski definition) is 9. The van der Waals surface area contributed by atoms with Crippen LogP contribution in [0.2, 0.25) is 5.02 Å². The zero-order chi connectivity index (χ0) is 23.5. The molecule has 1 N–H and O–H groups in total. The van der Waals surface area contributed by atoms with Gasteiger partial charge in [-0.2, -0.15) is 5.10 Å². The fourth-order valence-electron chi connectivity index (χ4n) is 3.20. The lowest BCUT2D eigenvalue weighted by Crippen LogP contribution is -2.07. The largest absolute Gasteiger partial charge is 0.493 e. The number of anilines is 1. The van der Waals surface area contributed by atoms with Crippen LogP contribution in [0.4, 0.5) is 5.13 Å². The number of rotatable bonds is 6. The third kappa shape index (κ3) is 4.64. The molecule has 0 unspecified atom stereocenters. The molecule has 4 aromatic rings. The first kappa shape index (κ1) is 22.6. The molecule has 0 spiro atoms. The van der Waals surface area contributed by atoms with Crippen molar-refractivity contribution in [3.05, 3.63) is 63.4 Å². The van der Waals surface area contributed by atoms with Crippen molar-refractivity contribution in [2.24, 2.45) is 5.10 Å². The van der Waals surface area contributed by atoms with E-state index in [4.69, 9.17) is 30.2 Å². The van der Waals surface area contributed by atoms with Crippen LogP contribution in [0.15, 0.2) is 52.0 Å². The van der Waals surface area contributed by atoms with Crippen molar-refractivity contribution in [1.82, 2.24) is 4.98 Å². The van der Waals surface area contributed by atoms with Gasteiger partial charge in [-0.25, -0.2) is 9.78 Å². The van der Waals surface area contributed by atoms with Crippen LogP contribution in [0.5, 0.6) is 11.5 Å². The number of hydrogen-bond donors (Lipinski definition) is 1. The van der Waals surface area contributed by atoms with Gasteiger partial charge in [0.05, 0.1) is 32.4 Å². The minimum absolute atomic E-state index is 0.414. The lowest BCUT2D eigenvalue weighted by molar-refractivity contribution is 0.0605. The maximum Gasteiger partial charge on any atom is 0.350 e. The van der Waals surface area contributed by atoms with Crippen LogP contribution in [0, 0.1) is 6.92 Å². The zero-order valence-electron chi connectivity index (χ0n) is 18.3. The van der Waals surface area contributed by atoms with Gasteiger partial charge in [-0.05, 0) is 43.3 Å². The van der Waals surface area contributed by atoms with Crippen LogP contribution in [-0.4, -0.2) is 32.3 Å². The van der Waals surface area contributed by atoms with Gasteiger partial charge in [0.15, 0.2) is 11.5 Å². The Morgan fingerprint density at radius 1 is 1.09 bits per heavy atom. The molecule has 0 aliphatic rings. The Kier molecular flexibility index (Phi) is 6.52. The molecule has 33 heavy (non-hydrogen) atoms. The number of benzene rings is 2. The number of nitrogens with zero attached hydrogens (tertiary/aromatic N) is 2. The number of carbonyl (C=O) groups excluding carboxylic acids is 1. The molecule has 4 rings (SSSR count). The second kappa shape index (κ2) is 9.51. The summed E-state index contributed by atoms with van der Waals surface area (Å²) in [5.74, 6) is 1.31. The molecule has 0 atom stereocenters. The van der Waals surface area contributed by atoms with Gasteiger partial charge in [0.1, 0.15) is 16.2 Å². The van der Waals surface area contributed by atoms with E-state index in [1.165, 1.54) is 7.11 Å². The predicted molar refractivity (Wildman–Crippen MR) is 127 cm³/mol. The molecule has 0 amide bonds. The number of esters is 1. The Bertz CT molecular complexity index is 1410. The van der Waals surface area contributed by atoms with Gasteiger partial charge in [-0.3, -0.25) is 5.43 Å².